The summed E-state index contributed by atoms with van der Waals surface area (Å²) in [6, 6.07) is 6.61. The molecule has 1 saturated carbocycles. The lowest BCUT2D eigenvalue weighted by molar-refractivity contribution is 0.139. The molecule has 0 saturated heterocycles. The van der Waals surface area contributed by atoms with Crippen LogP contribution in [-0.2, 0) is 6.42 Å². The van der Waals surface area contributed by atoms with Crippen LogP contribution in [0.5, 0.6) is 11.5 Å². The van der Waals surface area contributed by atoms with Crippen molar-refractivity contribution < 1.29 is 9.47 Å². The fourth-order valence-electron chi connectivity index (χ4n) is 4.29. The number of aromatic nitrogens is 1. The predicted molar refractivity (Wildman–Crippen MR) is 100 cm³/mol. The van der Waals surface area contributed by atoms with Crippen LogP contribution in [0.15, 0.2) is 24.4 Å². The SMILES string of the molecule is CCCOc1ccc2ncc3c(c2c1)CC(C1CCC(N)CC1)CO3. The van der Waals surface area contributed by atoms with Gasteiger partial charge in [-0.25, -0.2) is 0 Å². The maximum atomic E-state index is 6.11. The Hall–Kier alpha value is -1.81. The molecule has 2 heterocycles. The van der Waals surface area contributed by atoms with Crippen LogP contribution >= 0.6 is 0 Å². The van der Waals surface area contributed by atoms with Gasteiger partial charge in [-0.1, -0.05) is 6.92 Å². The van der Waals surface area contributed by atoms with E-state index < -0.39 is 0 Å². The van der Waals surface area contributed by atoms with Crippen molar-refractivity contribution in [2.24, 2.45) is 17.6 Å². The van der Waals surface area contributed by atoms with E-state index in [0.717, 1.165) is 61.8 Å². The van der Waals surface area contributed by atoms with Crippen molar-refractivity contribution in [1.29, 1.82) is 0 Å². The number of hydrogen-bond acceptors (Lipinski definition) is 4. The smallest absolute Gasteiger partial charge is 0.141 e. The van der Waals surface area contributed by atoms with Gasteiger partial charge in [0.15, 0.2) is 0 Å². The standard InChI is InChI=1S/C21H28N2O2/c1-2-9-24-17-7-8-20-18(11-17)19-10-15(13-25-21(19)12-23-20)14-3-5-16(22)6-4-14/h7-8,11-12,14-16H,2-6,9-10,13,22H2,1H3. The molecule has 0 radical (unpaired) electrons. The van der Waals surface area contributed by atoms with Gasteiger partial charge < -0.3 is 15.2 Å². The minimum atomic E-state index is 0.399. The van der Waals surface area contributed by atoms with Crippen molar-refractivity contribution in [3.63, 3.8) is 0 Å². The summed E-state index contributed by atoms with van der Waals surface area (Å²) in [5.41, 5.74) is 8.41. The van der Waals surface area contributed by atoms with Gasteiger partial charge in [0.05, 0.1) is 24.9 Å². The summed E-state index contributed by atoms with van der Waals surface area (Å²) < 4.78 is 11.9. The summed E-state index contributed by atoms with van der Waals surface area (Å²) in [6.45, 7) is 3.68. The average molecular weight is 340 g/mol. The summed E-state index contributed by atoms with van der Waals surface area (Å²) in [6.07, 6.45) is 8.75. The van der Waals surface area contributed by atoms with Gasteiger partial charge in [-0.15, -0.1) is 0 Å². The van der Waals surface area contributed by atoms with Crippen molar-refractivity contribution in [2.75, 3.05) is 13.2 Å². The van der Waals surface area contributed by atoms with Gasteiger partial charge in [0.1, 0.15) is 11.5 Å². The molecule has 1 aromatic heterocycles. The zero-order valence-electron chi connectivity index (χ0n) is 15.0. The highest BCUT2D eigenvalue weighted by Gasteiger charge is 2.31. The van der Waals surface area contributed by atoms with Gasteiger partial charge >= 0.3 is 0 Å². The van der Waals surface area contributed by atoms with E-state index in [-0.39, 0.29) is 0 Å². The summed E-state index contributed by atoms with van der Waals surface area (Å²) in [5, 5.41) is 1.18. The third-order valence-electron chi connectivity index (χ3n) is 5.79. The van der Waals surface area contributed by atoms with Gasteiger partial charge in [-0.05, 0) is 62.6 Å². The molecule has 4 heteroatoms. The van der Waals surface area contributed by atoms with Crippen molar-refractivity contribution in [3.8, 4) is 11.5 Å². The second-order valence-electron chi connectivity index (χ2n) is 7.58. The summed E-state index contributed by atoms with van der Waals surface area (Å²) in [5.74, 6) is 3.20. The molecule has 134 valence electrons. The first-order valence-corrected chi connectivity index (χ1v) is 9.67. The average Bonchev–Trinajstić information content (AvgIpc) is 2.66. The third kappa shape index (κ3) is 3.45. The summed E-state index contributed by atoms with van der Waals surface area (Å²) in [7, 11) is 0. The molecular weight excluding hydrogens is 312 g/mol. The van der Waals surface area contributed by atoms with E-state index in [1.807, 2.05) is 12.3 Å². The maximum absolute atomic E-state index is 6.11. The Labute approximate surface area is 149 Å². The first-order valence-electron chi connectivity index (χ1n) is 9.67. The van der Waals surface area contributed by atoms with Gasteiger partial charge in [-0.2, -0.15) is 0 Å². The zero-order valence-corrected chi connectivity index (χ0v) is 15.0. The van der Waals surface area contributed by atoms with E-state index in [9.17, 15) is 0 Å². The van der Waals surface area contributed by atoms with Gasteiger partial charge in [0, 0.05) is 22.9 Å². The van der Waals surface area contributed by atoms with E-state index >= 15 is 0 Å². The van der Waals surface area contributed by atoms with E-state index in [1.54, 1.807) is 0 Å². The van der Waals surface area contributed by atoms with Crippen LogP contribution in [0.25, 0.3) is 10.9 Å². The first-order chi connectivity index (χ1) is 12.2. The molecule has 2 aliphatic rings. The lowest BCUT2D eigenvalue weighted by Gasteiger charge is -2.35. The molecule has 25 heavy (non-hydrogen) atoms. The molecule has 2 aromatic rings. The van der Waals surface area contributed by atoms with Crippen molar-refractivity contribution in [3.05, 3.63) is 30.0 Å². The lowest BCUT2D eigenvalue weighted by Crippen LogP contribution is -2.34. The molecule has 1 atom stereocenters. The van der Waals surface area contributed by atoms with Crippen LogP contribution in [0.1, 0.15) is 44.6 Å². The fourth-order valence-corrected chi connectivity index (χ4v) is 4.29. The van der Waals surface area contributed by atoms with E-state index in [0.29, 0.717) is 12.0 Å². The lowest BCUT2D eigenvalue weighted by atomic mass is 9.75. The van der Waals surface area contributed by atoms with Crippen molar-refractivity contribution in [2.45, 2.75) is 51.5 Å². The van der Waals surface area contributed by atoms with Crippen molar-refractivity contribution in [1.82, 2.24) is 4.98 Å². The highest BCUT2D eigenvalue weighted by molar-refractivity contribution is 5.85. The Balaban J connectivity index is 1.61. The number of nitrogens with zero attached hydrogens (tertiary/aromatic N) is 1. The Kier molecular flexibility index (Phi) is 4.80. The normalized spacial score (nSPS) is 26.1. The van der Waals surface area contributed by atoms with E-state index in [2.05, 4.69) is 24.0 Å². The molecule has 0 amide bonds. The van der Waals surface area contributed by atoms with Crippen LogP contribution < -0.4 is 15.2 Å². The predicted octanol–water partition coefficient (Wildman–Crippen LogP) is 4.09. The Morgan fingerprint density at radius 2 is 2.04 bits per heavy atom. The molecule has 1 aromatic carbocycles. The number of nitrogens with two attached hydrogens (primary N) is 1. The maximum Gasteiger partial charge on any atom is 0.141 e. The van der Waals surface area contributed by atoms with Crippen LogP contribution in [0, 0.1) is 11.8 Å². The quantitative estimate of drug-likeness (QED) is 0.910. The van der Waals surface area contributed by atoms with E-state index in [4.69, 9.17) is 15.2 Å². The Morgan fingerprint density at radius 1 is 1.20 bits per heavy atom. The molecule has 2 N–H and O–H groups in total. The number of hydrogen-bond donors (Lipinski definition) is 1. The topological polar surface area (TPSA) is 57.4 Å². The summed E-state index contributed by atoms with van der Waals surface area (Å²) >= 11 is 0. The second kappa shape index (κ2) is 7.20. The Morgan fingerprint density at radius 3 is 2.84 bits per heavy atom. The molecule has 0 spiro atoms. The first kappa shape index (κ1) is 16.6. The van der Waals surface area contributed by atoms with E-state index in [1.165, 1.54) is 23.8 Å². The van der Waals surface area contributed by atoms with Crippen LogP contribution in [0.3, 0.4) is 0 Å². The number of pyridine rings is 1. The minimum absolute atomic E-state index is 0.399. The number of rotatable bonds is 4. The van der Waals surface area contributed by atoms with Crippen LogP contribution in [-0.4, -0.2) is 24.2 Å². The fraction of sp³-hybridized carbons (Fsp3) is 0.571. The highest BCUT2D eigenvalue weighted by atomic mass is 16.5. The summed E-state index contributed by atoms with van der Waals surface area (Å²) in [4.78, 5) is 4.57. The molecule has 1 aliphatic heterocycles. The largest absolute Gasteiger partial charge is 0.494 e. The molecular formula is C21H28N2O2. The van der Waals surface area contributed by atoms with Gasteiger partial charge in [-0.3, -0.25) is 4.98 Å². The van der Waals surface area contributed by atoms with Crippen LogP contribution in [0.2, 0.25) is 0 Å². The monoisotopic (exact) mass is 340 g/mol. The second-order valence-corrected chi connectivity index (χ2v) is 7.58. The number of benzene rings is 1. The third-order valence-corrected chi connectivity index (χ3v) is 5.79. The van der Waals surface area contributed by atoms with Crippen LogP contribution in [0.4, 0.5) is 0 Å². The van der Waals surface area contributed by atoms with Crippen molar-refractivity contribution >= 4 is 10.9 Å². The molecule has 4 nitrogen and oxygen atoms in total. The van der Waals surface area contributed by atoms with Gasteiger partial charge in [0.25, 0.3) is 0 Å². The molecule has 1 fully saturated rings. The molecule has 0 bridgehead atoms. The Bertz CT molecular complexity index is 738. The minimum Gasteiger partial charge on any atom is -0.494 e. The molecule has 1 aliphatic carbocycles. The highest BCUT2D eigenvalue weighted by Crippen LogP contribution is 2.39. The number of fused-ring (bicyclic) bond motifs is 3. The molecule has 1 unspecified atom stereocenters. The number of ether oxygens (including phenoxy) is 2. The molecule has 4 rings (SSSR count). The zero-order chi connectivity index (χ0) is 17.2. The van der Waals surface area contributed by atoms with Gasteiger partial charge in [0.2, 0.25) is 0 Å².